The van der Waals surface area contributed by atoms with Gasteiger partial charge in [0.25, 0.3) is 0 Å². The standard InChI is InChI=1S/C6H10O7.C3H8/c7-1-3(9)5(11)13-6(12)4(10)2-8;1-3-2/h3-4,7-10H,1-2H2;3H2,1-2H3. The molecule has 0 amide bonds. The van der Waals surface area contributed by atoms with E-state index in [1.54, 1.807) is 0 Å². The first-order valence-electron chi connectivity index (χ1n) is 4.77. The first-order chi connectivity index (χ1) is 7.44. The highest BCUT2D eigenvalue weighted by molar-refractivity contribution is 5.89. The first kappa shape index (κ1) is 17.4. The van der Waals surface area contributed by atoms with Crippen molar-refractivity contribution in [3.8, 4) is 0 Å². The molecular formula is C9H18O7. The molecule has 0 saturated heterocycles. The van der Waals surface area contributed by atoms with Crippen LogP contribution in [0.25, 0.3) is 0 Å². The van der Waals surface area contributed by atoms with Gasteiger partial charge in [-0.2, -0.15) is 0 Å². The monoisotopic (exact) mass is 238 g/mol. The summed E-state index contributed by atoms with van der Waals surface area (Å²) in [6, 6.07) is 0. The van der Waals surface area contributed by atoms with Gasteiger partial charge in [0.1, 0.15) is 0 Å². The average molecular weight is 238 g/mol. The van der Waals surface area contributed by atoms with E-state index < -0.39 is 37.4 Å². The zero-order valence-electron chi connectivity index (χ0n) is 9.29. The summed E-state index contributed by atoms with van der Waals surface area (Å²) in [5.41, 5.74) is 0. The normalized spacial score (nSPS) is 13.1. The molecule has 0 radical (unpaired) electrons. The molecule has 2 atom stereocenters. The smallest absolute Gasteiger partial charge is 0.345 e. The Kier molecular flexibility index (Phi) is 11.4. The van der Waals surface area contributed by atoms with Crippen LogP contribution in [-0.2, 0) is 14.3 Å². The molecule has 0 aliphatic rings. The summed E-state index contributed by atoms with van der Waals surface area (Å²) in [4.78, 5) is 21.1. The fraction of sp³-hybridized carbons (Fsp3) is 0.778. The Morgan fingerprint density at radius 3 is 1.44 bits per heavy atom. The number of carbonyl (C=O) groups excluding carboxylic acids is 2. The number of carbonyl (C=O) groups is 2. The van der Waals surface area contributed by atoms with Gasteiger partial charge in [-0.3, -0.25) is 0 Å². The quantitative estimate of drug-likeness (QED) is 0.335. The number of aliphatic hydroxyl groups excluding tert-OH is 4. The van der Waals surface area contributed by atoms with Crippen molar-refractivity contribution in [3.63, 3.8) is 0 Å². The predicted octanol–water partition coefficient (Wildman–Crippen LogP) is -1.82. The largest absolute Gasteiger partial charge is 0.393 e. The van der Waals surface area contributed by atoms with Crippen LogP contribution in [0.4, 0.5) is 0 Å². The highest BCUT2D eigenvalue weighted by atomic mass is 16.6. The third-order valence-electron chi connectivity index (χ3n) is 1.09. The lowest BCUT2D eigenvalue weighted by molar-refractivity contribution is -0.173. The summed E-state index contributed by atoms with van der Waals surface area (Å²) in [7, 11) is 0. The molecule has 4 N–H and O–H groups in total. The van der Waals surface area contributed by atoms with Gasteiger partial charge in [-0.05, 0) is 0 Å². The van der Waals surface area contributed by atoms with E-state index in [0.29, 0.717) is 0 Å². The minimum Gasteiger partial charge on any atom is -0.393 e. The second-order valence-electron chi connectivity index (χ2n) is 2.84. The van der Waals surface area contributed by atoms with Crippen molar-refractivity contribution in [1.29, 1.82) is 0 Å². The van der Waals surface area contributed by atoms with Crippen molar-refractivity contribution >= 4 is 11.9 Å². The van der Waals surface area contributed by atoms with Gasteiger partial charge in [0, 0.05) is 0 Å². The molecule has 96 valence electrons. The minimum atomic E-state index is -1.82. The van der Waals surface area contributed by atoms with Crippen LogP contribution in [0.2, 0.25) is 0 Å². The van der Waals surface area contributed by atoms with E-state index in [1.807, 2.05) is 0 Å². The van der Waals surface area contributed by atoms with Gasteiger partial charge in [0.05, 0.1) is 13.2 Å². The molecule has 0 fully saturated rings. The van der Waals surface area contributed by atoms with E-state index in [9.17, 15) is 9.59 Å². The van der Waals surface area contributed by atoms with E-state index in [-0.39, 0.29) is 0 Å². The van der Waals surface area contributed by atoms with Crippen LogP contribution < -0.4 is 0 Å². The van der Waals surface area contributed by atoms with Crippen LogP contribution >= 0.6 is 0 Å². The van der Waals surface area contributed by atoms with Crippen molar-refractivity contribution in [2.75, 3.05) is 13.2 Å². The van der Waals surface area contributed by atoms with Gasteiger partial charge in [-0.1, -0.05) is 20.3 Å². The Morgan fingerprint density at radius 2 is 1.25 bits per heavy atom. The van der Waals surface area contributed by atoms with Crippen LogP contribution in [0.15, 0.2) is 0 Å². The maximum Gasteiger partial charge on any atom is 0.345 e. The molecule has 0 aromatic rings. The molecule has 0 aromatic heterocycles. The summed E-state index contributed by atoms with van der Waals surface area (Å²) in [6.07, 6.45) is -2.40. The lowest BCUT2D eigenvalue weighted by atomic mass is 10.3. The van der Waals surface area contributed by atoms with Gasteiger partial charge in [-0.15, -0.1) is 0 Å². The van der Waals surface area contributed by atoms with E-state index in [0.717, 1.165) is 0 Å². The zero-order chi connectivity index (χ0) is 13.1. The number of rotatable bonds is 4. The van der Waals surface area contributed by atoms with Crippen LogP contribution in [0, 0.1) is 0 Å². The summed E-state index contributed by atoms with van der Waals surface area (Å²) < 4.78 is 3.86. The lowest BCUT2D eigenvalue weighted by Crippen LogP contribution is -2.34. The molecule has 0 bridgehead atoms. The minimum absolute atomic E-state index is 0.888. The maximum absolute atomic E-state index is 10.6. The molecule has 0 aromatic carbocycles. The Labute approximate surface area is 93.3 Å². The van der Waals surface area contributed by atoms with Crippen molar-refractivity contribution in [2.24, 2.45) is 0 Å². The summed E-state index contributed by atoms with van der Waals surface area (Å²) in [6.45, 7) is 2.47. The van der Waals surface area contributed by atoms with E-state index in [2.05, 4.69) is 18.6 Å². The second-order valence-corrected chi connectivity index (χ2v) is 2.84. The zero-order valence-corrected chi connectivity index (χ0v) is 9.29. The summed E-state index contributed by atoms with van der Waals surface area (Å²) in [5.74, 6) is -2.75. The number of hydrogen-bond acceptors (Lipinski definition) is 7. The van der Waals surface area contributed by atoms with Gasteiger partial charge < -0.3 is 25.2 Å². The average Bonchev–Trinajstić information content (AvgIpc) is 2.27. The molecule has 0 heterocycles. The molecule has 0 aliphatic heterocycles. The number of esters is 2. The molecule has 0 saturated carbocycles. The molecule has 2 unspecified atom stereocenters. The molecule has 16 heavy (non-hydrogen) atoms. The number of aliphatic hydroxyl groups is 4. The fourth-order valence-electron chi connectivity index (χ4n) is 0.384. The van der Waals surface area contributed by atoms with Crippen molar-refractivity contribution < 1.29 is 34.8 Å². The third-order valence-corrected chi connectivity index (χ3v) is 1.09. The van der Waals surface area contributed by atoms with E-state index >= 15 is 0 Å². The van der Waals surface area contributed by atoms with Crippen molar-refractivity contribution in [1.82, 2.24) is 0 Å². The van der Waals surface area contributed by atoms with Crippen LogP contribution in [0.5, 0.6) is 0 Å². The van der Waals surface area contributed by atoms with Crippen LogP contribution in [0.3, 0.4) is 0 Å². The third kappa shape index (κ3) is 8.30. The summed E-state index contributed by atoms with van der Waals surface area (Å²) in [5, 5.41) is 33.7. The topological polar surface area (TPSA) is 124 Å². The van der Waals surface area contributed by atoms with E-state index in [1.165, 1.54) is 6.42 Å². The molecule has 0 rings (SSSR count). The number of ether oxygens (including phenoxy) is 1. The SMILES string of the molecule is CCC.O=C(OC(=O)C(O)CO)C(O)CO. The Hall–Kier alpha value is -1.02. The second kappa shape index (κ2) is 10.5. The Bertz CT molecular complexity index is 184. The summed E-state index contributed by atoms with van der Waals surface area (Å²) >= 11 is 0. The highest BCUT2D eigenvalue weighted by Crippen LogP contribution is 1.92. The molecule has 0 spiro atoms. The number of hydrogen-bond donors (Lipinski definition) is 4. The lowest BCUT2D eigenvalue weighted by Gasteiger charge is -2.08. The Morgan fingerprint density at radius 1 is 1.00 bits per heavy atom. The van der Waals surface area contributed by atoms with E-state index in [4.69, 9.17) is 20.4 Å². The predicted molar refractivity (Wildman–Crippen MR) is 53.2 cm³/mol. The molecule has 0 aliphatic carbocycles. The first-order valence-corrected chi connectivity index (χ1v) is 4.77. The van der Waals surface area contributed by atoms with Crippen molar-refractivity contribution in [3.05, 3.63) is 0 Å². The molecular weight excluding hydrogens is 220 g/mol. The molecule has 7 heteroatoms. The van der Waals surface area contributed by atoms with Crippen LogP contribution in [0.1, 0.15) is 20.3 Å². The van der Waals surface area contributed by atoms with Gasteiger partial charge in [-0.25, -0.2) is 9.59 Å². The fourth-order valence-corrected chi connectivity index (χ4v) is 0.384. The maximum atomic E-state index is 10.6. The Balaban J connectivity index is 0. The molecule has 7 nitrogen and oxygen atoms in total. The highest BCUT2D eigenvalue weighted by Gasteiger charge is 2.23. The van der Waals surface area contributed by atoms with Gasteiger partial charge >= 0.3 is 11.9 Å². The van der Waals surface area contributed by atoms with Crippen molar-refractivity contribution in [2.45, 2.75) is 32.5 Å². The van der Waals surface area contributed by atoms with Gasteiger partial charge in [0.15, 0.2) is 12.2 Å². The van der Waals surface area contributed by atoms with Crippen LogP contribution in [-0.4, -0.2) is 57.8 Å². The van der Waals surface area contributed by atoms with Gasteiger partial charge in [0.2, 0.25) is 0 Å².